The number of aromatic nitrogens is 2. The van der Waals surface area contributed by atoms with Crippen molar-refractivity contribution in [3.63, 3.8) is 0 Å². The van der Waals surface area contributed by atoms with E-state index in [2.05, 4.69) is 10.1 Å². The molecular weight excluding hydrogens is 444 g/mol. The van der Waals surface area contributed by atoms with Crippen LogP contribution in [0.2, 0.25) is 5.02 Å². The maximum atomic E-state index is 13.7. The molecule has 0 saturated carbocycles. The fourth-order valence-electron chi connectivity index (χ4n) is 2.68. The monoisotopic (exact) mass is 454 g/mol. The third-order valence-corrected chi connectivity index (χ3v) is 4.37. The third-order valence-electron chi connectivity index (χ3n) is 4.13. The van der Waals surface area contributed by atoms with E-state index in [1.807, 2.05) is 0 Å². The van der Waals surface area contributed by atoms with Crippen molar-refractivity contribution >= 4 is 11.6 Å². The van der Waals surface area contributed by atoms with Crippen molar-refractivity contribution in [2.45, 2.75) is 6.61 Å². The van der Waals surface area contributed by atoms with Crippen molar-refractivity contribution in [1.82, 2.24) is 10.1 Å². The second-order valence-corrected chi connectivity index (χ2v) is 6.56. The lowest BCUT2D eigenvalue weighted by atomic mass is 10.2. The highest BCUT2D eigenvalue weighted by atomic mass is 35.5. The Morgan fingerprint density at radius 3 is 2.45 bits per heavy atom. The summed E-state index contributed by atoms with van der Waals surface area (Å²) < 4.78 is 74.6. The van der Waals surface area contributed by atoms with Crippen LogP contribution in [0.3, 0.4) is 0 Å². The summed E-state index contributed by atoms with van der Waals surface area (Å²) in [6, 6.07) is 7.82. The van der Waals surface area contributed by atoms with Crippen molar-refractivity contribution < 1.29 is 36.0 Å². The quantitative estimate of drug-likeness (QED) is 0.271. The zero-order chi connectivity index (χ0) is 22.1. The fraction of sp³-hybridized carbons (Fsp3) is 0.100. The van der Waals surface area contributed by atoms with Crippen molar-refractivity contribution in [3.05, 3.63) is 70.4 Å². The summed E-state index contributed by atoms with van der Waals surface area (Å²) in [7, 11) is 1.47. The highest BCUT2D eigenvalue weighted by Gasteiger charge is 2.22. The molecule has 0 bridgehead atoms. The average molecular weight is 455 g/mol. The normalized spacial score (nSPS) is 11.0. The molecule has 2 heterocycles. The van der Waals surface area contributed by atoms with Gasteiger partial charge in [0.25, 0.3) is 5.89 Å². The number of hydrogen-bond acceptors (Lipinski definition) is 6. The molecule has 4 rings (SSSR count). The minimum Gasteiger partial charge on any atom is -0.496 e. The molecule has 0 amide bonds. The Morgan fingerprint density at radius 1 is 1.00 bits per heavy atom. The number of ether oxygens (including phenoxy) is 2. The summed E-state index contributed by atoms with van der Waals surface area (Å²) in [4.78, 5) is 4.21. The van der Waals surface area contributed by atoms with E-state index in [4.69, 9.17) is 30.0 Å². The number of nitrogens with zero attached hydrogens (tertiary/aromatic N) is 2. The average Bonchev–Trinajstić information content (AvgIpc) is 3.42. The predicted molar refractivity (Wildman–Crippen MR) is 99.6 cm³/mol. The third kappa shape index (κ3) is 4.06. The van der Waals surface area contributed by atoms with Crippen LogP contribution >= 0.6 is 11.6 Å². The molecule has 0 spiro atoms. The number of halogens is 5. The Labute approximate surface area is 177 Å². The SMILES string of the molecule is COc1ccc(Cl)cc1-c1noc(-c2ccc(COc3c(F)c(F)cc(F)c3F)o2)n1. The molecule has 0 fully saturated rings. The molecule has 0 atom stereocenters. The van der Waals surface area contributed by atoms with Crippen molar-refractivity contribution in [2.24, 2.45) is 0 Å². The van der Waals surface area contributed by atoms with Gasteiger partial charge in [0.2, 0.25) is 17.5 Å². The van der Waals surface area contributed by atoms with E-state index in [9.17, 15) is 17.6 Å². The standard InChI is InChI=1S/C20H11ClF4N2O4/c1-28-14-4-2-9(21)6-11(14)19-26-20(31-27-19)15-5-3-10(30-15)8-29-18-16(24)12(22)7-13(23)17(18)25/h2-7H,8H2,1H3. The van der Waals surface area contributed by atoms with Gasteiger partial charge in [-0.05, 0) is 30.3 Å². The molecule has 0 unspecified atom stereocenters. The topological polar surface area (TPSA) is 70.5 Å². The molecule has 31 heavy (non-hydrogen) atoms. The molecule has 6 nitrogen and oxygen atoms in total. The highest BCUT2D eigenvalue weighted by molar-refractivity contribution is 6.30. The molecule has 160 valence electrons. The van der Waals surface area contributed by atoms with Gasteiger partial charge in [0.05, 0.1) is 12.7 Å². The summed E-state index contributed by atoms with van der Waals surface area (Å²) in [5.74, 6) is -6.79. The first kappa shape index (κ1) is 20.7. The van der Waals surface area contributed by atoms with Gasteiger partial charge in [0.15, 0.2) is 23.1 Å². The number of hydrogen-bond donors (Lipinski definition) is 0. The molecule has 0 N–H and O–H groups in total. The number of rotatable bonds is 6. The van der Waals surface area contributed by atoms with Gasteiger partial charge in [0, 0.05) is 11.1 Å². The van der Waals surface area contributed by atoms with Gasteiger partial charge in [-0.25, -0.2) is 8.78 Å². The van der Waals surface area contributed by atoms with E-state index < -0.39 is 35.6 Å². The van der Waals surface area contributed by atoms with Crippen LogP contribution in [-0.4, -0.2) is 17.3 Å². The molecule has 2 aromatic carbocycles. The van der Waals surface area contributed by atoms with Crippen LogP contribution in [0.1, 0.15) is 5.76 Å². The summed E-state index contributed by atoms with van der Waals surface area (Å²) in [5, 5.41) is 4.30. The van der Waals surface area contributed by atoms with Crippen molar-refractivity contribution in [2.75, 3.05) is 7.11 Å². The maximum Gasteiger partial charge on any atom is 0.293 e. The van der Waals surface area contributed by atoms with Crippen molar-refractivity contribution in [1.29, 1.82) is 0 Å². The largest absolute Gasteiger partial charge is 0.496 e. The number of benzene rings is 2. The fourth-order valence-corrected chi connectivity index (χ4v) is 2.85. The van der Waals surface area contributed by atoms with Gasteiger partial charge in [-0.15, -0.1) is 0 Å². The summed E-state index contributed by atoms with van der Waals surface area (Å²) in [5.41, 5.74) is 0.485. The molecule has 0 aliphatic carbocycles. The molecule has 4 aromatic rings. The minimum absolute atomic E-state index is 0.00237. The lowest BCUT2D eigenvalue weighted by Gasteiger charge is -2.08. The van der Waals surface area contributed by atoms with E-state index >= 15 is 0 Å². The van der Waals surface area contributed by atoms with Gasteiger partial charge in [-0.1, -0.05) is 16.8 Å². The van der Waals surface area contributed by atoms with Crippen molar-refractivity contribution in [3.8, 4) is 34.5 Å². The summed E-state index contributed by atoms with van der Waals surface area (Å²) in [6.07, 6.45) is 0. The Kier molecular flexibility index (Phi) is 5.55. The Hall–Kier alpha value is -3.53. The molecule has 0 aliphatic rings. The summed E-state index contributed by atoms with van der Waals surface area (Å²) >= 11 is 6.00. The van der Waals surface area contributed by atoms with Gasteiger partial charge >= 0.3 is 0 Å². The molecule has 11 heteroatoms. The Bertz CT molecular complexity index is 1230. The summed E-state index contributed by atoms with van der Waals surface area (Å²) in [6.45, 7) is -0.514. The van der Waals surface area contributed by atoms with Gasteiger partial charge < -0.3 is 18.4 Å². The number of methoxy groups -OCH3 is 1. The zero-order valence-corrected chi connectivity index (χ0v) is 16.3. The van der Waals surface area contributed by atoms with E-state index in [-0.39, 0.29) is 29.3 Å². The smallest absolute Gasteiger partial charge is 0.293 e. The first-order chi connectivity index (χ1) is 14.9. The van der Waals surface area contributed by atoms with Gasteiger partial charge in [0.1, 0.15) is 18.1 Å². The van der Waals surface area contributed by atoms with Crippen LogP contribution in [0.25, 0.3) is 23.0 Å². The van der Waals surface area contributed by atoms with Crippen LogP contribution in [0.15, 0.2) is 45.3 Å². The predicted octanol–water partition coefficient (Wildman–Crippen LogP) is 5.79. The Morgan fingerprint density at radius 2 is 1.74 bits per heavy atom. The molecule has 0 saturated heterocycles. The second kappa shape index (κ2) is 8.31. The second-order valence-electron chi connectivity index (χ2n) is 6.12. The first-order valence-electron chi connectivity index (χ1n) is 8.60. The van der Waals surface area contributed by atoms with Crippen LogP contribution < -0.4 is 9.47 Å². The molecule has 0 aliphatic heterocycles. The number of furan rings is 1. The van der Waals surface area contributed by atoms with E-state index in [0.29, 0.717) is 16.3 Å². The highest BCUT2D eigenvalue weighted by Crippen LogP contribution is 2.33. The van der Waals surface area contributed by atoms with Crippen LogP contribution in [0.5, 0.6) is 11.5 Å². The van der Waals surface area contributed by atoms with E-state index in [1.54, 1.807) is 18.2 Å². The first-order valence-corrected chi connectivity index (χ1v) is 8.97. The van der Waals surface area contributed by atoms with Gasteiger partial charge in [-0.2, -0.15) is 13.8 Å². The lowest BCUT2D eigenvalue weighted by Crippen LogP contribution is -2.03. The Balaban J connectivity index is 1.54. The van der Waals surface area contributed by atoms with Crippen LogP contribution in [-0.2, 0) is 6.61 Å². The van der Waals surface area contributed by atoms with Crippen LogP contribution in [0.4, 0.5) is 17.6 Å². The van der Waals surface area contributed by atoms with Gasteiger partial charge in [-0.3, -0.25) is 0 Å². The minimum atomic E-state index is -1.65. The van der Waals surface area contributed by atoms with Crippen LogP contribution in [0, 0.1) is 23.3 Å². The van der Waals surface area contributed by atoms with E-state index in [0.717, 1.165) is 0 Å². The zero-order valence-electron chi connectivity index (χ0n) is 15.6. The van der Waals surface area contributed by atoms with E-state index in [1.165, 1.54) is 19.2 Å². The lowest BCUT2D eigenvalue weighted by molar-refractivity contribution is 0.237. The molecule has 0 radical (unpaired) electrons. The maximum absolute atomic E-state index is 13.7. The molecule has 2 aromatic heterocycles. The molecular formula is C20H11ClF4N2O4.